The lowest BCUT2D eigenvalue weighted by atomic mass is 10.0. The number of carbonyl (C=O) groups is 1. The van der Waals surface area contributed by atoms with E-state index >= 15 is 0 Å². The minimum absolute atomic E-state index is 0.122. The van der Waals surface area contributed by atoms with Gasteiger partial charge in [-0.2, -0.15) is 0 Å². The minimum Gasteiger partial charge on any atom is -0.378 e. The Morgan fingerprint density at radius 1 is 1.69 bits per heavy atom. The molecule has 0 bridgehead atoms. The van der Waals surface area contributed by atoms with Crippen LogP contribution in [0, 0.1) is 5.92 Å². The minimum atomic E-state index is -0.304. The maximum atomic E-state index is 11.8. The van der Waals surface area contributed by atoms with Crippen LogP contribution in [-0.2, 0) is 14.3 Å². The van der Waals surface area contributed by atoms with Crippen LogP contribution in [0.4, 0.5) is 0 Å². The second-order valence-electron chi connectivity index (χ2n) is 4.60. The molecule has 2 aliphatic rings. The fourth-order valence-electron chi connectivity index (χ4n) is 2.23. The summed E-state index contributed by atoms with van der Waals surface area (Å²) < 4.78 is 10.8. The second kappa shape index (κ2) is 5.12. The topological polar surface area (TPSA) is 59.6 Å². The first-order valence-electron chi connectivity index (χ1n) is 5.87. The Kier molecular flexibility index (Phi) is 3.78. The van der Waals surface area contributed by atoms with E-state index in [0.29, 0.717) is 19.8 Å². The van der Waals surface area contributed by atoms with Gasteiger partial charge in [0.1, 0.15) is 5.60 Å². The van der Waals surface area contributed by atoms with E-state index in [9.17, 15) is 4.79 Å². The SMILES string of the molecule is COC1(CNC(=O)C2CCNC2)CCOC1. The van der Waals surface area contributed by atoms with Gasteiger partial charge in [0.05, 0.1) is 12.5 Å². The Morgan fingerprint density at radius 2 is 2.56 bits per heavy atom. The molecule has 0 spiro atoms. The van der Waals surface area contributed by atoms with Crippen LogP contribution in [0.1, 0.15) is 12.8 Å². The van der Waals surface area contributed by atoms with Crippen molar-refractivity contribution in [3.8, 4) is 0 Å². The van der Waals surface area contributed by atoms with Crippen molar-refractivity contribution in [2.75, 3.05) is 40.0 Å². The second-order valence-corrected chi connectivity index (χ2v) is 4.60. The highest BCUT2D eigenvalue weighted by molar-refractivity contribution is 5.79. The molecule has 0 aromatic heterocycles. The molecule has 2 aliphatic heterocycles. The Bertz CT molecular complexity index is 246. The first-order chi connectivity index (χ1) is 7.76. The molecule has 0 aromatic carbocycles. The number of rotatable bonds is 4. The van der Waals surface area contributed by atoms with Crippen LogP contribution < -0.4 is 10.6 Å². The molecule has 2 rings (SSSR count). The number of hydrogen-bond donors (Lipinski definition) is 2. The summed E-state index contributed by atoms with van der Waals surface area (Å²) in [6.45, 7) is 3.58. The van der Waals surface area contributed by atoms with Crippen LogP contribution in [0.5, 0.6) is 0 Å². The van der Waals surface area contributed by atoms with Crippen molar-refractivity contribution in [1.29, 1.82) is 0 Å². The smallest absolute Gasteiger partial charge is 0.224 e. The third kappa shape index (κ3) is 2.53. The van der Waals surface area contributed by atoms with E-state index in [1.54, 1.807) is 7.11 Å². The van der Waals surface area contributed by atoms with Gasteiger partial charge in [-0.25, -0.2) is 0 Å². The molecule has 0 saturated carbocycles. The molecule has 0 aromatic rings. The van der Waals surface area contributed by atoms with Gasteiger partial charge in [-0.15, -0.1) is 0 Å². The molecule has 16 heavy (non-hydrogen) atoms. The van der Waals surface area contributed by atoms with Crippen LogP contribution in [0.15, 0.2) is 0 Å². The predicted molar refractivity (Wildman–Crippen MR) is 59.2 cm³/mol. The monoisotopic (exact) mass is 228 g/mol. The Balaban J connectivity index is 1.79. The van der Waals surface area contributed by atoms with Crippen molar-refractivity contribution in [3.63, 3.8) is 0 Å². The molecular formula is C11H20N2O3. The Hall–Kier alpha value is -0.650. The van der Waals surface area contributed by atoms with Crippen molar-refractivity contribution in [2.24, 2.45) is 5.92 Å². The standard InChI is InChI=1S/C11H20N2O3/c1-15-11(3-5-16-8-11)7-13-10(14)9-2-4-12-6-9/h9,12H,2-8H2,1H3,(H,13,14). The molecule has 2 atom stereocenters. The number of methoxy groups -OCH3 is 1. The number of amides is 1. The zero-order valence-electron chi connectivity index (χ0n) is 9.75. The van der Waals surface area contributed by atoms with E-state index in [4.69, 9.17) is 9.47 Å². The Labute approximate surface area is 95.9 Å². The maximum absolute atomic E-state index is 11.8. The molecule has 5 nitrogen and oxygen atoms in total. The van der Waals surface area contributed by atoms with Gasteiger partial charge < -0.3 is 20.1 Å². The van der Waals surface area contributed by atoms with E-state index < -0.39 is 0 Å². The molecule has 92 valence electrons. The third-order valence-electron chi connectivity index (χ3n) is 3.52. The average Bonchev–Trinajstić information content (AvgIpc) is 2.98. The van der Waals surface area contributed by atoms with E-state index in [-0.39, 0.29) is 17.4 Å². The summed E-state index contributed by atoms with van der Waals surface area (Å²) >= 11 is 0. The van der Waals surface area contributed by atoms with Crippen molar-refractivity contribution >= 4 is 5.91 Å². The van der Waals surface area contributed by atoms with Gasteiger partial charge in [-0.1, -0.05) is 0 Å². The molecule has 2 heterocycles. The normalized spacial score (nSPS) is 34.2. The van der Waals surface area contributed by atoms with Gasteiger partial charge in [0.15, 0.2) is 0 Å². The number of carbonyl (C=O) groups excluding carboxylic acids is 1. The lowest BCUT2D eigenvalue weighted by Gasteiger charge is -2.26. The molecule has 5 heteroatoms. The summed E-state index contributed by atoms with van der Waals surface area (Å²) in [5, 5.41) is 6.16. The molecule has 1 amide bonds. The molecule has 2 saturated heterocycles. The molecule has 2 unspecified atom stereocenters. The number of ether oxygens (including phenoxy) is 2. The first-order valence-corrected chi connectivity index (χ1v) is 5.87. The van der Waals surface area contributed by atoms with Crippen LogP contribution in [0.3, 0.4) is 0 Å². The molecule has 2 N–H and O–H groups in total. The Morgan fingerprint density at radius 3 is 3.12 bits per heavy atom. The molecule has 0 aliphatic carbocycles. The third-order valence-corrected chi connectivity index (χ3v) is 3.52. The van der Waals surface area contributed by atoms with Gasteiger partial charge in [0.2, 0.25) is 5.91 Å². The summed E-state index contributed by atoms with van der Waals surface area (Å²) in [5.74, 6) is 0.254. The number of hydrogen-bond acceptors (Lipinski definition) is 4. The zero-order valence-corrected chi connectivity index (χ0v) is 9.75. The van der Waals surface area contributed by atoms with Crippen LogP contribution in [0.2, 0.25) is 0 Å². The van der Waals surface area contributed by atoms with Gasteiger partial charge in [-0.3, -0.25) is 4.79 Å². The van der Waals surface area contributed by atoms with E-state index in [1.165, 1.54) is 0 Å². The van der Waals surface area contributed by atoms with E-state index in [0.717, 1.165) is 25.9 Å². The molecule has 0 radical (unpaired) electrons. The highest BCUT2D eigenvalue weighted by atomic mass is 16.5. The van der Waals surface area contributed by atoms with Gasteiger partial charge in [0.25, 0.3) is 0 Å². The van der Waals surface area contributed by atoms with Crippen LogP contribution >= 0.6 is 0 Å². The van der Waals surface area contributed by atoms with Crippen molar-refractivity contribution < 1.29 is 14.3 Å². The highest BCUT2D eigenvalue weighted by Crippen LogP contribution is 2.21. The lowest BCUT2D eigenvalue weighted by molar-refractivity contribution is -0.126. The lowest BCUT2D eigenvalue weighted by Crippen LogP contribution is -2.46. The summed E-state index contributed by atoms with van der Waals surface area (Å²) in [6, 6.07) is 0. The summed E-state index contributed by atoms with van der Waals surface area (Å²) in [6.07, 6.45) is 1.79. The molecular weight excluding hydrogens is 208 g/mol. The number of nitrogens with one attached hydrogen (secondary N) is 2. The van der Waals surface area contributed by atoms with E-state index in [2.05, 4.69) is 10.6 Å². The van der Waals surface area contributed by atoms with Gasteiger partial charge >= 0.3 is 0 Å². The summed E-state index contributed by atoms with van der Waals surface area (Å²) in [7, 11) is 1.68. The summed E-state index contributed by atoms with van der Waals surface area (Å²) in [4.78, 5) is 11.8. The predicted octanol–water partition coefficient (Wildman–Crippen LogP) is -0.482. The van der Waals surface area contributed by atoms with Crippen molar-refractivity contribution in [1.82, 2.24) is 10.6 Å². The molecule has 2 fully saturated rings. The van der Waals surface area contributed by atoms with Crippen LogP contribution in [0.25, 0.3) is 0 Å². The quantitative estimate of drug-likeness (QED) is 0.682. The largest absolute Gasteiger partial charge is 0.378 e. The first kappa shape index (κ1) is 11.8. The van der Waals surface area contributed by atoms with Gasteiger partial charge in [0, 0.05) is 33.2 Å². The summed E-state index contributed by atoms with van der Waals surface area (Å²) in [5.41, 5.74) is -0.304. The fourth-order valence-corrected chi connectivity index (χ4v) is 2.23. The van der Waals surface area contributed by atoms with Gasteiger partial charge in [-0.05, 0) is 13.0 Å². The van der Waals surface area contributed by atoms with Crippen molar-refractivity contribution in [3.05, 3.63) is 0 Å². The highest BCUT2D eigenvalue weighted by Gasteiger charge is 2.36. The fraction of sp³-hybridized carbons (Fsp3) is 0.909. The van der Waals surface area contributed by atoms with E-state index in [1.807, 2.05) is 0 Å². The van der Waals surface area contributed by atoms with Crippen LogP contribution in [-0.4, -0.2) is 51.5 Å². The average molecular weight is 228 g/mol. The van der Waals surface area contributed by atoms with Crippen molar-refractivity contribution in [2.45, 2.75) is 18.4 Å². The maximum Gasteiger partial charge on any atom is 0.224 e. The zero-order chi connectivity index (χ0) is 11.4.